The Bertz CT molecular complexity index is 955. The first-order valence-electron chi connectivity index (χ1n) is 6.73. The lowest BCUT2D eigenvalue weighted by Gasteiger charge is -2.09. The predicted octanol–water partition coefficient (Wildman–Crippen LogP) is 3.40. The van der Waals surface area contributed by atoms with E-state index in [-0.39, 0.29) is 18.0 Å². The fraction of sp³-hybridized carbons (Fsp3) is 0.0625. The van der Waals surface area contributed by atoms with E-state index in [0.29, 0.717) is 10.9 Å². The van der Waals surface area contributed by atoms with Gasteiger partial charge in [-0.3, -0.25) is 14.2 Å². The van der Waals surface area contributed by atoms with Crippen LogP contribution in [0.25, 0.3) is 10.9 Å². The molecule has 116 valence electrons. The van der Waals surface area contributed by atoms with Gasteiger partial charge in [0.25, 0.3) is 5.56 Å². The number of anilines is 1. The minimum Gasteiger partial charge on any atom is -0.324 e. The molecule has 1 amide bonds. The van der Waals surface area contributed by atoms with Crippen molar-refractivity contribution in [1.82, 2.24) is 9.55 Å². The smallest absolute Gasteiger partial charge is 0.261 e. The predicted molar refractivity (Wildman–Crippen MR) is 101 cm³/mol. The summed E-state index contributed by atoms with van der Waals surface area (Å²) in [7, 11) is 0. The molecular formula is C16H11BrIN3O2. The van der Waals surface area contributed by atoms with Gasteiger partial charge in [-0.15, -0.1) is 0 Å². The van der Waals surface area contributed by atoms with Crippen molar-refractivity contribution >= 4 is 61.0 Å². The second-order valence-corrected chi connectivity index (χ2v) is 6.94. The van der Waals surface area contributed by atoms with Gasteiger partial charge in [0.2, 0.25) is 5.91 Å². The molecule has 0 aliphatic rings. The Hall–Kier alpha value is -1.74. The Morgan fingerprint density at radius 1 is 1.26 bits per heavy atom. The number of halogens is 2. The second kappa shape index (κ2) is 6.79. The van der Waals surface area contributed by atoms with Crippen LogP contribution in [0.3, 0.4) is 0 Å². The first-order chi connectivity index (χ1) is 11.0. The maximum Gasteiger partial charge on any atom is 0.261 e. The van der Waals surface area contributed by atoms with Gasteiger partial charge in [-0.2, -0.15) is 0 Å². The highest BCUT2D eigenvalue weighted by Crippen LogP contribution is 2.17. The maximum absolute atomic E-state index is 12.5. The van der Waals surface area contributed by atoms with Gasteiger partial charge >= 0.3 is 0 Å². The molecule has 0 fully saturated rings. The van der Waals surface area contributed by atoms with E-state index in [0.717, 1.165) is 13.7 Å². The van der Waals surface area contributed by atoms with Crippen LogP contribution in [-0.2, 0) is 11.3 Å². The number of amides is 1. The number of fused-ring (bicyclic) bond motifs is 1. The van der Waals surface area contributed by atoms with E-state index in [1.165, 1.54) is 10.9 Å². The summed E-state index contributed by atoms with van der Waals surface area (Å²) in [5, 5.41) is 3.28. The van der Waals surface area contributed by atoms with Crippen molar-refractivity contribution in [3.05, 3.63) is 67.2 Å². The molecule has 0 spiro atoms. The third kappa shape index (κ3) is 3.61. The molecule has 1 aromatic heterocycles. The number of rotatable bonds is 3. The number of nitrogens with zero attached hydrogens (tertiary/aromatic N) is 2. The fourth-order valence-corrected chi connectivity index (χ4v) is 3.03. The lowest BCUT2D eigenvalue weighted by atomic mass is 10.2. The van der Waals surface area contributed by atoms with Crippen LogP contribution in [0.15, 0.2) is 58.1 Å². The summed E-state index contributed by atoms with van der Waals surface area (Å²) in [4.78, 5) is 28.9. The third-order valence-electron chi connectivity index (χ3n) is 3.25. The van der Waals surface area contributed by atoms with Gasteiger partial charge in [-0.05, 0) is 52.9 Å². The lowest BCUT2D eigenvalue weighted by Crippen LogP contribution is -2.28. The molecule has 3 aromatic rings. The summed E-state index contributed by atoms with van der Waals surface area (Å²) in [6, 6.07) is 12.8. The third-order valence-corrected chi connectivity index (χ3v) is 4.68. The highest BCUT2D eigenvalue weighted by Gasteiger charge is 2.10. The minimum absolute atomic E-state index is 0.0841. The molecule has 0 saturated heterocycles. The highest BCUT2D eigenvalue weighted by molar-refractivity contribution is 14.1. The zero-order valence-electron chi connectivity index (χ0n) is 11.8. The minimum atomic E-state index is -0.271. The van der Waals surface area contributed by atoms with Gasteiger partial charge < -0.3 is 5.32 Å². The van der Waals surface area contributed by atoms with Gasteiger partial charge in [0, 0.05) is 8.04 Å². The number of carbonyl (C=O) groups excluding carboxylic acids is 1. The van der Waals surface area contributed by atoms with Crippen LogP contribution in [0.1, 0.15) is 0 Å². The monoisotopic (exact) mass is 483 g/mol. The van der Waals surface area contributed by atoms with Crippen molar-refractivity contribution < 1.29 is 4.79 Å². The molecule has 23 heavy (non-hydrogen) atoms. The van der Waals surface area contributed by atoms with Crippen molar-refractivity contribution in [1.29, 1.82) is 0 Å². The molecule has 0 atom stereocenters. The van der Waals surface area contributed by atoms with E-state index >= 15 is 0 Å². The molecule has 1 N–H and O–H groups in total. The molecule has 0 aliphatic heterocycles. The van der Waals surface area contributed by atoms with Crippen molar-refractivity contribution in [3.8, 4) is 0 Å². The summed E-state index contributed by atoms with van der Waals surface area (Å²) < 4.78 is 3.04. The molecule has 2 aromatic carbocycles. The van der Waals surface area contributed by atoms with Crippen LogP contribution >= 0.6 is 38.5 Å². The lowest BCUT2D eigenvalue weighted by molar-refractivity contribution is -0.116. The van der Waals surface area contributed by atoms with Crippen LogP contribution in [0, 0.1) is 3.57 Å². The topological polar surface area (TPSA) is 64.0 Å². The normalized spacial score (nSPS) is 10.7. The number of nitrogens with one attached hydrogen (secondary N) is 1. The average molecular weight is 484 g/mol. The second-order valence-electron chi connectivity index (χ2n) is 4.87. The van der Waals surface area contributed by atoms with Crippen LogP contribution in [0.4, 0.5) is 5.69 Å². The number of para-hydroxylation sites is 1. The standard InChI is InChI=1S/C16H11BrIN3O2/c17-10-5-6-13-11(7-10)16(23)21(9-19-13)8-15(22)20-14-4-2-1-3-12(14)18/h1-7,9H,8H2,(H,20,22). The number of hydrogen-bond donors (Lipinski definition) is 1. The fourth-order valence-electron chi connectivity index (χ4n) is 2.15. The zero-order chi connectivity index (χ0) is 16.4. The Kier molecular flexibility index (Phi) is 4.76. The van der Waals surface area contributed by atoms with E-state index in [1.54, 1.807) is 12.1 Å². The molecule has 3 rings (SSSR count). The van der Waals surface area contributed by atoms with Crippen molar-refractivity contribution in [2.45, 2.75) is 6.54 Å². The van der Waals surface area contributed by atoms with Crippen LogP contribution in [0.5, 0.6) is 0 Å². The summed E-state index contributed by atoms with van der Waals surface area (Å²) in [6.07, 6.45) is 1.40. The largest absolute Gasteiger partial charge is 0.324 e. The van der Waals surface area contributed by atoms with E-state index in [1.807, 2.05) is 30.3 Å². The quantitative estimate of drug-likeness (QED) is 0.581. The SMILES string of the molecule is O=C(Cn1cnc2ccc(Br)cc2c1=O)Nc1ccccc1I. The number of aromatic nitrogens is 2. The van der Waals surface area contributed by atoms with Gasteiger partial charge in [-0.1, -0.05) is 28.1 Å². The average Bonchev–Trinajstić information content (AvgIpc) is 2.53. The maximum atomic E-state index is 12.5. The molecule has 1 heterocycles. The number of hydrogen-bond acceptors (Lipinski definition) is 3. The Balaban J connectivity index is 1.87. The molecule has 0 saturated carbocycles. The van der Waals surface area contributed by atoms with E-state index in [9.17, 15) is 9.59 Å². The summed E-state index contributed by atoms with van der Waals surface area (Å²) in [5.74, 6) is -0.271. The zero-order valence-corrected chi connectivity index (χ0v) is 15.5. The first kappa shape index (κ1) is 16.1. The Morgan fingerprint density at radius 2 is 2.04 bits per heavy atom. The van der Waals surface area contributed by atoms with E-state index < -0.39 is 0 Å². The molecular weight excluding hydrogens is 473 g/mol. The van der Waals surface area contributed by atoms with E-state index in [4.69, 9.17) is 0 Å². The van der Waals surface area contributed by atoms with Crippen molar-refractivity contribution in [2.75, 3.05) is 5.32 Å². The molecule has 5 nitrogen and oxygen atoms in total. The van der Waals surface area contributed by atoms with Crippen molar-refractivity contribution in [2.24, 2.45) is 0 Å². The summed E-state index contributed by atoms with van der Waals surface area (Å²) in [6.45, 7) is -0.0841. The number of carbonyl (C=O) groups is 1. The first-order valence-corrected chi connectivity index (χ1v) is 8.61. The molecule has 0 bridgehead atoms. The molecule has 0 radical (unpaired) electrons. The Morgan fingerprint density at radius 3 is 2.83 bits per heavy atom. The molecule has 0 aliphatic carbocycles. The van der Waals surface area contributed by atoms with Crippen LogP contribution in [-0.4, -0.2) is 15.5 Å². The Labute approximate surface area is 154 Å². The molecule has 0 unspecified atom stereocenters. The van der Waals surface area contributed by atoms with Crippen LogP contribution < -0.4 is 10.9 Å². The number of benzene rings is 2. The van der Waals surface area contributed by atoms with Crippen molar-refractivity contribution in [3.63, 3.8) is 0 Å². The summed E-state index contributed by atoms with van der Waals surface area (Å²) in [5.41, 5.74) is 1.09. The summed E-state index contributed by atoms with van der Waals surface area (Å²) >= 11 is 5.48. The van der Waals surface area contributed by atoms with Crippen LogP contribution in [0.2, 0.25) is 0 Å². The molecule has 7 heteroatoms. The van der Waals surface area contributed by atoms with E-state index in [2.05, 4.69) is 48.8 Å². The van der Waals surface area contributed by atoms with Gasteiger partial charge in [0.05, 0.1) is 22.9 Å². The highest BCUT2D eigenvalue weighted by atomic mass is 127. The van der Waals surface area contributed by atoms with Gasteiger partial charge in [0.1, 0.15) is 6.54 Å². The van der Waals surface area contributed by atoms with Gasteiger partial charge in [-0.25, -0.2) is 4.98 Å². The van der Waals surface area contributed by atoms with Gasteiger partial charge in [0.15, 0.2) is 0 Å².